The summed E-state index contributed by atoms with van der Waals surface area (Å²) in [6.07, 6.45) is 3.78. The fourth-order valence-electron chi connectivity index (χ4n) is 2.09. The molecule has 0 spiro atoms. The van der Waals surface area contributed by atoms with E-state index >= 15 is 0 Å². The lowest BCUT2D eigenvalue weighted by atomic mass is 10.1. The third-order valence-electron chi connectivity index (χ3n) is 3.37. The quantitative estimate of drug-likeness (QED) is 0.898. The Hall–Kier alpha value is -1.87. The molecule has 1 heterocycles. The van der Waals surface area contributed by atoms with E-state index in [0.29, 0.717) is 6.04 Å². The van der Waals surface area contributed by atoms with Crippen molar-refractivity contribution in [2.24, 2.45) is 0 Å². The molecule has 0 unspecified atom stereocenters. The first kappa shape index (κ1) is 14.5. The zero-order valence-corrected chi connectivity index (χ0v) is 12.7. The summed E-state index contributed by atoms with van der Waals surface area (Å²) in [5, 5.41) is 3.46. The first-order valence-electron chi connectivity index (χ1n) is 7.04. The Bertz CT molecular complexity index is 546. The summed E-state index contributed by atoms with van der Waals surface area (Å²) < 4.78 is 0. The van der Waals surface area contributed by atoms with Gasteiger partial charge >= 0.3 is 0 Å². The van der Waals surface area contributed by atoms with E-state index in [0.717, 1.165) is 12.2 Å². The minimum absolute atomic E-state index is 0.473. The Morgan fingerprint density at radius 1 is 1.15 bits per heavy atom. The standard InChI is InChI=1S/C17H23N3/c1-13(2)19-11-15-9-10-18-12-17(15)20(4)16-7-5-14(3)6-8-16/h5-10,12-13,19H,11H2,1-4H3. The summed E-state index contributed by atoms with van der Waals surface area (Å²) in [5.41, 5.74) is 4.85. The molecule has 1 aromatic carbocycles. The number of nitrogens with zero attached hydrogens (tertiary/aromatic N) is 2. The molecule has 0 atom stereocenters. The second kappa shape index (κ2) is 6.53. The van der Waals surface area contributed by atoms with Gasteiger partial charge < -0.3 is 10.2 Å². The van der Waals surface area contributed by atoms with Crippen LogP contribution in [-0.4, -0.2) is 18.1 Å². The molecule has 0 saturated heterocycles. The van der Waals surface area contributed by atoms with Crippen LogP contribution in [0, 0.1) is 6.92 Å². The average molecular weight is 269 g/mol. The predicted molar refractivity (Wildman–Crippen MR) is 85.5 cm³/mol. The molecule has 106 valence electrons. The molecule has 0 aliphatic rings. The molecule has 3 heteroatoms. The van der Waals surface area contributed by atoms with Crippen molar-refractivity contribution in [2.75, 3.05) is 11.9 Å². The lowest BCUT2D eigenvalue weighted by Gasteiger charge is -2.23. The highest BCUT2D eigenvalue weighted by molar-refractivity contribution is 5.65. The van der Waals surface area contributed by atoms with Gasteiger partial charge in [0.1, 0.15) is 0 Å². The van der Waals surface area contributed by atoms with Gasteiger partial charge in [-0.25, -0.2) is 0 Å². The van der Waals surface area contributed by atoms with Gasteiger partial charge in [0, 0.05) is 31.5 Å². The average Bonchev–Trinajstić information content (AvgIpc) is 2.45. The maximum atomic E-state index is 4.27. The predicted octanol–water partition coefficient (Wildman–Crippen LogP) is 3.66. The molecule has 0 fully saturated rings. The highest BCUT2D eigenvalue weighted by Gasteiger charge is 2.09. The van der Waals surface area contributed by atoms with E-state index in [-0.39, 0.29) is 0 Å². The van der Waals surface area contributed by atoms with Gasteiger partial charge in [-0.2, -0.15) is 0 Å². The Kier molecular flexibility index (Phi) is 4.74. The van der Waals surface area contributed by atoms with Crippen LogP contribution >= 0.6 is 0 Å². The number of pyridine rings is 1. The molecular weight excluding hydrogens is 246 g/mol. The van der Waals surface area contributed by atoms with E-state index in [1.807, 2.05) is 12.4 Å². The lowest BCUT2D eigenvalue weighted by molar-refractivity contribution is 0.588. The van der Waals surface area contributed by atoms with E-state index in [1.165, 1.54) is 16.8 Å². The van der Waals surface area contributed by atoms with Gasteiger partial charge in [-0.3, -0.25) is 4.98 Å². The summed E-state index contributed by atoms with van der Waals surface area (Å²) in [6, 6.07) is 11.1. The minimum atomic E-state index is 0.473. The van der Waals surface area contributed by atoms with Crippen LogP contribution < -0.4 is 10.2 Å². The van der Waals surface area contributed by atoms with Crippen LogP contribution in [0.15, 0.2) is 42.7 Å². The van der Waals surface area contributed by atoms with E-state index in [2.05, 4.69) is 73.4 Å². The second-order valence-electron chi connectivity index (χ2n) is 5.43. The first-order valence-corrected chi connectivity index (χ1v) is 7.04. The van der Waals surface area contributed by atoms with Crippen molar-refractivity contribution in [1.29, 1.82) is 0 Å². The van der Waals surface area contributed by atoms with Crippen molar-refractivity contribution in [1.82, 2.24) is 10.3 Å². The van der Waals surface area contributed by atoms with Crippen molar-refractivity contribution in [3.05, 3.63) is 53.9 Å². The largest absolute Gasteiger partial charge is 0.343 e. The van der Waals surface area contributed by atoms with E-state index < -0.39 is 0 Å². The van der Waals surface area contributed by atoms with Crippen molar-refractivity contribution in [3.8, 4) is 0 Å². The van der Waals surface area contributed by atoms with Crippen LogP contribution in [0.25, 0.3) is 0 Å². The number of rotatable bonds is 5. The molecule has 1 N–H and O–H groups in total. The van der Waals surface area contributed by atoms with Gasteiger partial charge in [0.05, 0.1) is 11.9 Å². The maximum absolute atomic E-state index is 4.27. The number of hydrogen-bond acceptors (Lipinski definition) is 3. The zero-order valence-electron chi connectivity index (χ0n) is 12.7. The number of aryl methyl sites for hydroxylation is 1. The Morgan fingerprint density at radius 2 is 1.85 bits per heavy atom. The number of benzene rings is 1. The SMILES string of the molecule is Cc1ccc(N(C)c2cnccc2CNC(C)C)cc1. The molecule has 2 rings (SSSR count). The molecular formula is C17H23N3. The van der Waals surface area contributed by atoms with Crippen molar-refractivity contribution in [2.45, 2.75) is 33.4 Å². The van der Waals surface area contributed by atoms with Gasteiger partial charge in [0.2, 0.25) is 0 Å². The Balaban J connectivity index is 2.24. The fourth-order valence-corrected chi connectivity index (χ4v) is 2.09. The summed E-state index contributed by atoms with van der Waals surface area (Å²) in [4.78, 5) is 6.45. The van der Waals surface area contributed by atoms with Crippen molar-refractivity contribution < 1.29 is 0 Å². The van der Waals surface area contributed by atoms with Gasteiger partial charge in [0.25, 0.3) is 0 Å². The molecule has 0 bridgehead atoms. The fraction of sp³-hybridized carbons (Fsp3) is 0.353. The third kappa shape index (κ3) is 3.58. The van der Waals surface area contributed by atoms with E-state index in [9.17, 15) is 0 Å². The van der Waals surface area contributed by atoms with Crippen molar-refractivity contribution >= 4 is 11.4 Å². The molecule has 3 nitrogen and oxygen atoms in total. The Labute approximate surface area is 121 Å². The molecule has 0 aliphatic carbocycles. The number of hydrogen-bond donors (Lipinski definition) is 1. The zero-order chi connectivity index (χ0) is 14.5. The molecule has 1 aromatic heterocycles. The summed E-state index contributed by atoms with van der Waals surface area (Å²) in [6.45, 7) is 7.27. The summed E-state index contributed by atoms with van der Waals surface area (Å²) >= 11 is 0. The maximum Gasteiger partial charge on any atom is 0.0640 e. The van der Waals surface area contributed by atoms with Crippen LogP contribution in [-0.2, 0) is 6.54 Å². The van der Waals surface area contributed by atoms with Crippen LogP contribution in [0.3, 0.4) is 0 Å². The first-order chi connectivity index (χ1) is 9.58. The minimum Gasteiger partial charge on any atom is -0.343 e. The van der Waals surface area contributed by atoms with E-state index in [1.54, 1.807) is 0 Å². The number of anilines is 2. The van der Waals surface area contributed by atoms with Gasteiger partial charge in [-0.05, 0) is 30.7 Å². The topological polar surface area (TPSA) is 28.2 Å². The van der Waals surface area contributed by atoms with Crippen LogP contribution in [0.2, 0.25) is 0 Å². The van der Waals surface area contributed by atoms with Gasteiger partial charge in [-0.15, -0.1) is 0 Å². The third-order valence-corrected chi connectivity index (χ3v) is 3.37. The molecule has 2 aromatic rings. The van der Waals surface area contributed by atoms with Gasteiger partial charge in [-0.1, -0.05) is 31.5 Å². The normalized spacial score (nSPS) is 10.8. The van der Waals surface area contributed by atoms with E-state index in [4.69, 9.17) is 0 Å². The second-order valence-corrected chi connectivity index (χ2v) is 5.43. The molecule has 0 aliphatic heterocycles. The smallest absolute Gasteiger partial charge is 0.0640 e. The number of nitrogens with one attached hydrogen (secondary N) is 1. The molecule has 0 amide bonds. The van der Waals surface area contributed by atoms with Crippen LogP contribution in [0.1, 0.15) is 25.0 Å². The summed E-state index contributed by atoms with van der Waals surface area (Å²) in [7, 11) is 2.08. The van der Waals surface area contributed by atoms with Crippen LogP contribution in [0.5, 0.6) is 0 Å². The highest BCUT2D eigenvalue weighted by atomic mass is 15.1. The lowest BCUT2D eigenvalue weighted by Crippen LogP contribution is -2.23. The number of aromatic nitrogens is 1. The highest BCUT2D eigenvalue weighted by Crippen LogP contribution is 2.26. The summed E-state index contributed by atoms with van der Waals surface area (Å²) in [5.74, 6) is 0. The molecule has 0 saturated carbocycles. The Morgan fingerprint density at radius 3 is 2.50 bits per heavy atom. The van der Waals surface area contributed by atoms with Crippen LogP contribution in [0.4, 0.5) is 11.4 Å². The van der Waals surface area contributed by atoms with Crippen molar-refractivity contribution in [3.63, 3.8) is 0 Å². The molecule has 20 heavy (non-hydrogen) atoms. The molecule has 0 radical (unpaired) electrons. The van der Waals surface area contributed by atoms with Gasteiger partial charge in [0.15, 0.2) is 0 Å². The monoisotopic (exact) mass is 269 g/mol.